The maximum Gasteiger partial charge on any atom is 0.340 e. The lowest BCUT2D eigenvalue weighted by Gasteiger charge is -2.08. The molecule has 0 aliphatic rings. The number of nitrogens with zero attached hydrogens (tertiary/aromatic N) is 5. The van der Waals surface area contributed by atoms with Crippen LogP contribution in [0.5, 0.6) is 0 Å². The SMILES string of the molecule is Cn1c(=O)c2ccccc2n2c(COC(=O)c3ccc(Cl)nc3)nnc12. The Hall–Kier alpha value is -3.26. The molecule has 0 bridgehead atoms. The highest BCUT2D eigenvalue weighted by Crippen LogP contribution is 2.15. The summed E-state index contributed by atoms with van der Waals surface area (Å²) in [5.41, 5.74) is 0.756. The van der Waals surface area contributed by atoms with Gasteiger partial charge in [0.25, 0.3) is 5.56 Å². The molecule has 26 heavy (non-hydrogen) atoms. The molecule has 0 atom stereocenters. The molecule has 3 aromatic heterocycles. The maximum absolute atomic E-state index is 12.4. The van der Waals surface area contributed by atoms with E-state index < -0.39 is 5.97 Å². The Morgan fingerprint density at radius 3 is 2.77 bits per heavy atom. The smallest absolute Gasteiger partial charge is 0.340 e. The summed E-state index contributed by atoms with van der Waals surface area (Å²) in [6.07, 6.45) is 1.34. The zero-order valence-electron chi connectivity index (χ0n) is 13.6. The number of hydrogen-bond donors (Lipinski definition) is 0. The second-order valence-corrected chi connectivity index (χ2v) is 5.97. The molecule has 1 aromatic carbocycles. The van der Waals surface area contributed by atoms with Crippen molar-refractivity contribution in [3.63, 3.8) is 0 Å². The normalized spacial score (nSPS) is 11.2. The first-order valence-corrected chi connectivity index (χ1v) is 8.04. The van der Waals surface area contributed by atoms with Crippen molar-refractivity contribution in [3.05, 3.63) is 69.5 Å². The molecule has 0 spiro atoms. The number of esters is 1. The molecule has 0 fully saturated rings. The van der Waals surface area contributed by atoms with Gasteiger partial charge in [-0.25, -0.2) is 9.78 Å². The molecule has 0 aliphatic carbocycles. The summed E-state index contributed by atoms with van der Waals surface area (Å²) < 4.78 is 8.41. The highest BCUT2D eigenvalue weighted by atomic mass is 35.5. The molecule has 4 aromatic rings. The summed E-state index contributed by atoms with van der Waals surface area (Å²) in [6.45, 7) is -0.106. The van der Waals surface area contributed by atoms with Gasteiger partial charge < -0.3 is 4.74 Å². The first-order chi connectivity index (χ1) is 12.6. The van der Waals surface area contributed by atoms with Crippen LogP contribution >= 0.6 is 11.6 Å². The number of ether oxygens (including phenoxy) is 1. The van der Waals surface area contributed by atoms with Crippen LogP contribution < -0.4 is 5.56 Å². The molecule has 4 rings (SSSR count). The summed E-state index contributed by atoms with van der Waals surface area (Å²) in [7, 11) is 1.62. The minimum absolute atomic E-state index is 0.106. The molecule has 0 amide bonds. The van der Waals surface area contributed by atoms with Gasteiger partial charge in [0.2, 0.25) is 5.78 Å². The Bertz CT molecular complexity index is 1200. The molecule has 3 heterocycles. The molecule has 0 radical (unpaired) electrons. The number of halogens is 1. The van der Waals surface area contributed by atoms with Gasteiger partial charge in [-0.05, 0) is 24.3 Å². The lowest BCUT2D eigenvalue weighted by Crippen LogP contribution is -2.20. The van der Waals surface area contributed by atoms with Crippen LogP contribution in [-0.2, 0) is 18.4 Å². The Morgan fingerprint density at radius 2 is 2.00 bits per heavy atom. The van der Waals surface area contributed by atoms with E-state index in [0.717, 1.165) is 0 Å². The van der Waals surface area contributed by atoms with E-state index in [1.807, 2.05) is 6.07 Å². The predicted molar refractivity (Wildman–Crippen MR) is 94.1 cm³/mol. The van der Waals surface area contributed by atoms with Gasteiger partial charge in [0.15, 0.2) is 12.4 Å². The lowest BCUT2D eigenvalue weighted by molar-refractivity contribution is 0.0461. The van der Waals surface area contributed by atoms with E-state index >= 15 is 0 Å². The minimum Gasteiger partial charge on any atom is -0.454 e. The summed E-state index contributed by atoms with van der Waals surface area (Å²) in [5.74, 6) is 0.218. The quantitative estimate of drug-likeness (QED) is 0.405. The first-order valence-electron chi connectivity index (χ1n) is 7.66. The Morgan fingerprint density at radius 1 is 1.19 bits per heavy atom. The number of hydrogen-bond acceptors (Lipinski definition) is 6. The number of fused-ring (bicyclic) bond motifs is 3. The Kier molecular flexibility index (Phi) is 3.89. The van der Waals surface area contributed by atoms with Crippen LogP contribution in [-0.4, -0.2) is 30.1 Å². The van der Waals surface area contributed by atoms with Gasteiger partial charge in [0.1, 0.15) is 5.15 Å². The van der Waals surface area contributed by atoms with Crippen molar-refractivity contribution in [1.82, 2.24) is 24.1 Å². The lowest BCUT2D eigenvalue weighted by atomic mass is 10.2. The summed E-state index contributed by atoms with van der Waals surface area (Å²) in [4.78, 5) is 28.4. The zero-order valence-corrected chi connectivity index (χ0v) is 14.3. The number of pyridine rings is 1. The Labute approximate surface area is 151 Å². The standard InChI is InChI=1S/C17H12ClN5O3/c1-22-15(24)11-4-2-3-5-12(11)23-14(20-21-17(22)23)9-26-16(25)10-6-7-13(18)19-8-10/h2-8H,9H2,1H3. The largest absolute Gasteiger partial charge is 0.454 e. The molecule has 8 nitrogen and oxygen atoms in total. The van der Waals surface area contributed by atoms with E-state index in [4.69, 9.17) is 16.3 Å². The number of carbonyl (C=O) groups excluding carboxylic acids is 1. The van der Waals surface area contributed by atoms with Gasteiger partial charge in [0.05, 0.1) is 16.5 Å². The van der Waals surface area contributed by atoms with Crippen LogP contribution in [0.15, 0.2) is 47.4 Å². The van der Waals surface area contributed by atoms with E-state index in [9.17, 15) is 9.59 Å². The van der Waals surface area contributed by atoms with Crippen LogP contribution in [0.2, 0.25) is 5.15 Å². The third kappa shape index (κ3) is 2.60. The van der Waals surface area contributed by atoms with E-state index in [1.54, 1.807) is 29.6 Å². The number of aromatic nitrogens is 5. The van der Waals surface area contributed by atoms with Crippen molar-refractivity contribution in [2.24, 2.45) is 7.05 Å². The van der Waals surface area contributed by atoms with E-state index in [2.05, 4.69) is 15.2 Å². The van der Waals surface area contributed by atoms with Crippen molar-refractivity contribution in [1.29, 1.82) is 0 Å². The van der Waals surface area contributed by atoms with Gasteiger partial charge in [-0.1, -0.05) is 23.7 Å². The molecule has 0 saturated heterocycles. The molecule has 9 heteroatoms. The molecule has 130 valence electrons. The summed E-state index contributed by atoms with van der Waals surface area (Å²) in [6, 6.07) is 10.2. The maximum atomic E-state index is 12.4. The van der Waals surface area contributed by atoms with Gasteiger partial charge >= 0.3 is 5.97 Å². The predicted octanol–water partition coefficient (Wildman–Crippen LogP) is 1.99. The van der Waals surface area contributed by atoms with Gasteiger partial charge in [-0.15, -0.1) is 10.2 Å². The van der Waals surface area contributed by atoms with Gasteiger partial charge in [0, 0.05) is 13.2 Å². The van der Waals surface area contributed by atoms with Crippen LogP contribution in [0, 0.1) is 0 Å². The zero-order chi connectivity index (χ0) is 18.3. The van der Waals surface area contributed by atoms with Crippen molar-refractivity contribution in [3.8, 4) is 0 Å². The van der Waals surface area contributed by atoms with Gasteiger partial charge in [-0.3, -0.25) is 13.8 Å². The van der Waals surface area contributed by atoms with Crippen LogP contribution in [0.1, 0.15) is 16.2 Å². The average molecular weight is 370 g/mol. The molecular formula is C17H12ClN5O3. The second-order valence-electron chi connectivity index (χ2n) is 5.58. The monoisotopic (exact) mass is 369 g/mol. The number of carbonyl (C=O) groups is 1. The fourth-order valence-corrected chi connectivity index (χ4v) is 2.81. The fourth-order valence-electron chi connectivity index (χ4n) is 2.70. The topological polar surface area (TPSA) is 91.4 Å². The van der Waals surface area contributed by atoms with E-state index in [1.165, 1.54) is 22.9 Å². The van der Waals surface area contributed by atoms with Crippen molar-refractivity contribution < 1.29 is 9.53 Å². The van der Waals surface area contributed by atoms with Gasteiger partial charge in [-0.2, -0.15) is 0 Å². The number of rotatable bonds is 3. The highest BCUT2D eigenvalue weighted by molar-refractivity contribution is 6.29. The third-order valence-electron chi connectivity index (χ3n) is 3.99. The third-order valence-corrected chi connectivity index (χ3v) is 4.21. The minimum atomic E-state index is -0.556. The van der Waals surface area contributed by atoms with E-state index in [0.29, 0.717) is 22.5 Å². The van der Waals surface area contributed by atoms with Crippen molar-refractivity contribution >= 4 is 34.3 Å². The number of benzene rings is 1. The number of aryl methyl sites for hydroxylation is 1. The fraction of sp³-hybridized carbons (Fsp3) is 0.118. The van der Waals surface area contributed by atoms with Crippen LogP contribution in [0.3, 0.4) is 0 Å². The molecule has 0 aliphatic heterocycles. The first kappa shape index (κ1) is 16.2. The molecule has 0 saturated carbocycles. The van der Waals surface area contributed by atoms with Crippen LogP contribution in [0.4, 0.5) is 0 Å². The average Bonchev–Trinajstić information content (AvgIpc) is 3.09. The Balaban J connectivity index is 1.72. The molecule has 0 unspecified atom stereocenters. The number of para-hydroxylation sites is 1. The van der Waals surface area contributed by atoms with Crippen molar-refractivity contribution in [2.45, 2.75) is 6.61 Å². The van der Waals surface area contributed by atoms with E-state index in [-0.39, 0.29) is 22.9 Å². The highest BCUT2D eigenvalue weighted by Gasteiger charge is 2.16. The molecule has 0 N–H and O–H groups in total. The summed E-state index contributed by atoms with van der Waals surface area (Å²) >= 11 is 5.71. The summed E-state index contributed by atoms with van der Waals surface area (Å²) in [5, 5.41) is 8.93. The molecular weight excluding hydrogens is 358 g/mol. The van der Waals surface area contributed by atoms with Crippen LogP contribution in [0.25, 0.3) is 16.7 Å². The van der Waals surface area contributed by atoms with Crippen molar-refractivity contribution in [2.75, 3.05) is 0 Å². The second kappa shape index (κ2) is 6.23.